The molecule has 0 aliphatic heterocycles. The summed E-state index contributed by atoms with van der Waals surface area (Å²) in [5, 5.41) is 11.6. The van der Waals surface area contributed by atoms with E-state index in [2.05, 4.69) is 18.8 Å². The summed E-state index contributed by atoms with van der Waals surface area (Å²) in [7, 11) is 0. The van der Waals surface area contributed by atoms with Crippen LogP contribution in [0.4, 0.5) is 0 Å². The third-order valence-corrected chi connectivity index (χ3v) is 5.04. The van der Waals surface area contributed by atoms with Gasteiger partial charge in [-0.15, -0.1) is 0 Å². The average Bonchev–Trinajstić information content (AvgIpc) is 2.51. The first kappa shape index (κ1) is 18.0. The lowest BCUT2D eigenvalue weighted by Crippen LogP contribution is -2.40. The van der Waals surface area contributed by atoms with Crippen molar-refractivity contribution in [3.05, 3.63) is 12.2 Å². The van der Waals surface area contributed by atoms with Crippen molar-refractivity contribution >= 4 is 11.9 Å². The van der Waals surface area contributed by atoms with Crippen LogP contribution < -0.4 is 5.32 Å². The summed E-state index contributed by atoms with van der Waals surface area (Å²) in [6.45, 7) is 5.85. The molecular formula is C18H29NO4. The van der Waals surface area contributed by atoms with Crippen LogP contribution in [0.5, 0.6) is 0 Å². The van der Waals surface area contributed by atoms with Crippen LogP contribution in [-0.2, 0) is 14.3 Å². The fourth-order valence-corrected chi connectivity index (χ4v) is 3.53. The normalized spacial score (nSPS) is 31.3. The van der Waals surface area contributed by atoms with Gasteiger partial charge < -0.3 is 15.2 Å². The smallest absolute Gasteiger partial charge is 0.308 e. The van der Waals surface area contributed by atoms with Gasteiger partial charge in [0.25, 0.3) is 0 Å². The largest absolute Gasteiger partial charge is 0.481 e. The van der Waals surface area contributed by atoms with E-state index in [9.17, 15) is 9.59 Å². The van der Waals surface area contributed by atoms with Gasteiger partial charge in [-0.2, -0.15) is 0 Å². The molecule has 2 fully saturated rings. The number of carboxylic acids is 1. The maximum atomic E-state index is 11.9. The highest BCUT2D eigenvalue weighted by molar-refractivity contribution is 5.96. The van der Waals surface area contributed by atoms with Crippen LogP contribution in [0.15, 0.2) is 12.2 Å². The molecule has 2 aliphatic carbocycles. The molecule has 2 rings (SSSR count). The topological polar surface area (TPSA) is 75.6 Å². The first-order valence-electron chi connectivity index (χ1n) is 8.80. The number of carboxylic acid groups (broad SMARTS) is 1. The van der Waals surface area contributed by atoms with Crippen LogP contribution in [-0.4, -0.2) is 35.2 Å². The Morgan fingerprint density at radius 3 is 2.09 bits per heavy atom. The van der Waals surface area contributed by atoms with Gasteiger partial charge in [0.1, 0.15) is 0 Å². The van der Waals surface area contributed by atoms with Crippen LogP contribution in [0.1, 0.15) is 64.7 Å². The number of hydrogen-bond donors (Lipinski definition) is 2. The highest BCUT2D eigenvalue weighted by Gasteiger charge is 2.27. The van der Waals surface area contributed by atoms with Crippen molar-refractivity contribution in [2.75, 3.05) is 0 Å². The molecule has 2 N–H and O–H groups in total. The van der Waals surface area contributed by atoms with E-state index in [4.69, 9.17) is 9.84 Å². The molecule has 0 heterocycles. The van der Waals surface area contributed by atoms with E-state index in [1.54, 1.807) is 0 Å². The predicted octanol–water partition coefficient (Wildman–Crippen LogP) is 3.04. The van der Waals surface area contributed by atoms with Crippen molar-refractivity contribution < 1.29 is 19.4 Å². The van der Waals surface area contributed by atoms with E-state index < -0.39 is 5.97 Å². The van der Waals surface area contributed by atoms with E-state index in [1.807, 2.05) is 0 Å². The molecule has 0 radical (unpaired) electrons. The van der Waals surface area contributed by atoms with Crippen molar-refractivity contribution in [1.82, 2.24) is 5.32 Å². The summed E-state index contributed by atoms with van der Waals surface area (Å²) in [5.41, 5.74) is 0.118. The molecule has 130 valence electrons. The number of hydrogen-bond acceptors (Lipinski definition) is 3. The monoisotopic (exact) mass is 323 g/mol. The molecule has 1 amide bonds. The van der Waals surface area contributed by atoms with E-state index in [0.717, 1.165) is 31.6 Å². The fraction of sp³-hybridized carbons (Fsp3) is 0.778. The number of carbonyl (C=O) groups is 2. The lowest BCUT2D eigenvalue weighted by molar-refractivity contribution is -0.137. The number of rotatable bonds is 6. The second-order valence-electron chi connectivity index (χ2n) is 7.14. The average molecular weight is 323 g/mol. The number of carbonyl (C=O) groups excluding carboxylic acids is 1. The summed E-state index contributed by atoms with van der Waals surface area (Å²) < 4.78 is 6.23. The van der Waals surface area contributed by atoms with Gasteiger partial charge in [0.2, 0.25) is 5.91 Å². The van der Waals surface area contributed by atoms with Gasteiger partial charge in [-0.1, -0.05) is 13.5 Å². The van der Waals surface area contributed by atoms with E-state index >= 15 is 0 Å². The molecule has 2 aliphatic rings. The Morgan fingerprint density at radius 2 is 1.57 bits per heavy atom. The predicted molar refractivity (Wildman–Crippen MR) is 88.1 cm³/mol. The van der Waals surface area contributed by atoms with E-state index in [0.29, 0.717) is 12.2 Å². The SMILES string of the molecule is C=C(CC(=O)O)C(=O)NC1CCC(OC2CCC(C)CC2)CC1. The van der Waals surface area contributed by atoms with Crippen molar-refractivity contribution in [1.29, 1.82) is 0 Å². The molecule has 0 atom stereocenters. The van der Waals surface area contributed by atoms with Gasteiger partial charge in [-0.25, -0.2) is 0 Å². The zero-order valence-corrected chi connectivity index (χ0v) is 14.1. The Kier molecular flexibility index (Phi) is 6.63. The van der Waals surface area contributed by atoms with Crippen LogP contribution in [0.2, 0.25) is 0 Å². The van der Waals surface area contributed by atoms with Crippen molar-refractivity contribution in [2.45, 2.75) is 83.0 Å². The molecule has 23 heavy (non-hydrogen) atoms. The van der Waals surface area contributed by atoms with Crippen LogP contribution in [0.25, 0.3) is 0 Å². The summed E-state index contributed by atoms with van der Waals surface area (Å²) in [4.78, 5) is 22.5. The highest BCUT2D eigenvalue weighted by Crippen LogP contribution is 2.29. The second-order valence-corrected chi connectivity index (χ2v) is 7.14. The minimum absolute atomic E-state index is 0.110. The quantitative estimate of drug-likeness (QED) is 0.737. The van der Waals surface area contributed by atoms with Gasteiger partial charge in [0.15, 0.2) is 0 Å². The standard InChI is InChI=1S/C18H29NO4/c1-12-3-7-15(8-4-12)23-16-9-5-14(6-10-16)19-18(22)13(2)11-17(20)21/h12,14-16H,2-11H2,1H3,(H,19,22)(H,20,21). The van der Waals surface area contributed by atoms with Crippen LogP contribution >= 0.6 is 0 Å². The van der Waals surface area contributed by atoms with E-state index in [1.165, 1.54) is 25.7 Å². The molecule has 0 saturated heterocycles. The summed E-state index contributed by atoms with van der Waals surface area (Å²) in [6, 6.07) is 0.110. The molecule has 0 unspecified atom stereocenters. The third kappa shape index (κ3) is 5.98. The lowest BCUT2D eigenvalue weighted by Gasteiger charge is -2.34. The minimum Gasteiger partial charge on any atom is -0.481 e. The Labute approximate surface area is 138 Å². The summed E-state index contributed by atoms with van der Waals surface area (Å²) in [5.74, 6) is -0.526. The highest BCUT2D eigenvalue weighted by atomic mass is 16.5. The molecule has 0 bridgehead atoms. The van der Waals surface area contributed by atoms with Crippen LogP contribution in [0, 0.1) is 5.92 Å². The van der Waals surface area contributed by atoms with Crippen molar-refractivity contribution in [2.24, 2.45) is 5.92 Å². The molecule has 5 heteroatoms. The van der Waals surface area contributed by atoms with Crippen LogP contribution in [0.3, 0.4) is 0 Å². The van der Waals surface area contributed by atoms with Gasteiger partial charge in [0.05, 0.1) is 18.6 Å². The molecular weight excluding hydrogens is 294 g/mol. The molecule has 5 nitrogen and oxygen atoms in total. The van der Waals surface area contributed by atoms with Gasteiger partial charge in [-0.3, -0.25) is 9.59 Å². The van der Waals surface area contributed by atoms with Gasteiger partial charge in [0, 0.05) is 11.6 Å². The lowest BCUT2D eigenvalue weighted by atomic mass is 9.88. The number of aliphatic carboxylic acids is 1. The summed E-state index contributed by atoms with van der Waals surface area (Å²) >= 11 is 0. The summed E-state index contributed by atoms with van der Waals surface area (Å²) in [6.07, 6.45) is 9.00. The van der Waals surface area contributed by atoms with Gasteiger partial charge in [-0.05, 0) is 57.3 Å². The number of amides is 1. The van der Waals surface area contributed by atoms with Crippen molar-refractivity contribution in [3.63, 3.8) is 0 Å². The molecule has 0 aromatic carbocycles. The Morgan fingerprint density at radius 1 is 1.04 bits per heavy atom. The first-order chi connectivity index (χ1) is 10.9. The van der Waals surface area contributed by atoms with Gasteiger partial charge >= 0.3 is 5.97 Å². The first-order valence-corrected chi connectivity index (χ1v) is 8.80. The maximum absolute atomic E-state index is 11.9. The maximum Gasteiger partial charge on any atom is 0.308 e. The van der Waals surface area contributed by atoms with E-state index in [-0.39, 0.29) is 23.9 Å². The third-order valence-electron chi connectivity index (χ3n) is 5.04. The molecule has 0 aromatic rings. The molecule has 0 spiro atoms. The Hall–Kier alpha value is -1.36. The Bertz CT molecular complexity index is 432. The molecule has 2 saturated carbocycles. The minimum atomic E-state index is -1.02. The number of ether oxygens (including phenoxy) is 1. The second kappa shape index (κ2) is 8.48. The number of nitrogens with one attached hydrogen (secondary N) is 1. The zero-order valence-electron chi connectivity index (χ0n) is 14.1. The Balaban J connectivity index is 1.66. The van der Waals surface area contributed by atoms with Crippen molar-refractivity contribution in [3.8, 4) is 0 Å². The fourth-order valence-electron chi connectivity index (χ4n) is 3.53. The molecule has 0 aromatic heterocycles. The zero-order chi connectivity index (χ0) is 16.8.